The lowest BCUT2D eigenvalue weighted by molar-refractivity contribution is -0.137. The van der Waals surface area contributed by atoms with Gasteiger partial charge in [-0.25, -0.2) is 0 Å². The van der Waals surface area contributed by atoms with E-state index in [9.17, 15) is 4.79 Å². The lowest BCUT2D eigenvalue weighted by Crippen LogP contribution is -2.06. The van der Waals surface area contributed by atoms with E-state index in [1.165, 1.54) is 5.56 Å². The number of ether oxygens (including phenoxy) is 1. The molecule has 1 rings (SSSR count). The molecular weight excluding hydrogens is 216 g/mol. The van der Waals surface area contributed by atoms with Crippen LogP contribution in [0, 0.1) is 6.92 Å². The molecule has 1 N–H and O–H groups in total. The maximum atomic E-state index is 10.4. The van der Waals surface area contributed by atoms with Crippen molar-refractivity contribution in [2.75, 3.05) is 0 Å². The van der Waals surface area contributed by atoms with Crippen molar-refractivity contribution in [2.45, 2.75) is 46.1 Å². The molecule has 0 atom stereocenters. The van der Waals surface area contributed by atoms with Crippen molar-refractivity contribution >= 4 is 5.97 Å². The van der Waals surface area contributed by atoms with Crippen LogP contribution in [-0.2, 0) is 11.2 Å². The maximum Gasteiger partial charge on any atom is 0.303 e. The molecule has 0 fully saturated rings. The Morgan fingerprint density at radius 1 is 1.41 bits per heavy atom. The Balaban J connectivity index is 2.59. The van der Waals surface area contributed by atoms with Crippen LogP contribution in [-0.4, -0.2) is 17.2 Å². The van der Waals surface area contributed by atoms with E-state index in [0.717, 1.165) is 17.7 Å². The number of hydrogen-bond acceptors (Lipinski definition) is 2. The largest absolute Gasteiger partial charge is 0.491 e. The van der Waals surface area contributed by atoms with Crippen molar-refractivity contribution < 1.29 is 14.6 Å². The predicted molar refractivity (Wildman–Crippen MR) is 67.5 cm³/mol. The van der Waals surface area contributed by atoms with Crippen molar-refractivity contribution in [1.82, 2.24) is 0 Å². The smallest absolute Gasteiger partial charge is 0.303 e. The monoisotopic (exact) mass is 236 g/mol. The Kier molecular flexibility index (Phi) is 5.01. The summed E-state index contributed by atoms with van der Waals surface area (Å²) in [6, 6.07) is 5.98. The zero-order chi connectivity index (χ0) is 12.8. The number of rotatable bonds is 6. The number of hydrogen-bond donors (Lipinski definition) is 1. The third kappa shape index (κ3) is 4.89. The second kappa shape index (κ2) is 6.28. The molecule has 0 heterocycles. The second-order valence-corrected chi connectivity index (χ2v) is 4.50. The van der Waals surface area contributed by atoms with Crippen molar-refractivity contribution in [2.24, 2.45) is 0 Å². The molecule has 3 nitrogen and oxygen atoms in total. The highest BCUT2D eigenvalue weighted by atomic mass is 16.5. The van der Waals surface area contributed by atoms with Crippen LogP contribution in [0.2, 0.25) is 0 Å². The lowest BCUT2D eigenvalue weighted by atomic mass is 10.0. The highest BCUT2D eigenvalue weighted by Crippen LogP contribution is 2.19. The minimum Gasteiger partial charge on any atom is -0.491 e. The van der Waals surface area contributed by atoms with Crippen molar-refractivity contribution in [3.05, 3.63) is 29.3 Å². The van der Waals surface area contributed by atoms with Crippen molar-refractivity contribution in [3.63, 3.8) is 0 Å². The Hall–Kier alpha value is -1.51. The highest BCUT2D eigenvalue weighted by molar-refractivity contribution is 5.66. The minimum absolute atomic E-state index is 0.173. The van der Waals surface area contributed by atoms with E-state index in [0.29, 0.717) is 6.42 Å². The van der Waals surface area contributed by atoms with Gasteiger partial charge in [0.2, 0.25) is 0 Å². The molecule has 0 saturated heterocycles. The molecule has 94 valence electrons. The first-order valence-electron chi connectivity index (χ1n) is 5.97. The molecule has 0 aromatic heterocycles. The molecule has 0 aliphatic rings. The molecular formula is C14H20O3. The first-order chi connectivity index (χ1) is 7.99. The molecule has 0 unspecified atom stereocenters. The topological polar surface area (TPSA) is 46.5 Å². The maximum absolute atomic E-state index is 10.4. The molecule has 0 radical (unpaired) electrons. The van der Waals surface area contributed by atoms with Gasteiger partial charge in [0, 0.05) is 6.42 Å². The summed E-state index contributed by atoms with van der Waals surface area (Å²) >= 11 is 0. The van der Waals surface area contributed by atoms with E-state index >= 15 is 0 Å². The third-order valence-electron chi connectivity index (χ3n) is 2.52. The standard InChI is InChI=1S/C14H20O3/c1-10(2)17-13-8-7-12(11(3)9-13)5-4-6-14(15)16/h7-10H,4-6H2,1-3H3,(H,15,16). The van der Waals surface area contributed by atoms with E-state index in [2.05, 4.69) is 0 Å². The van der Waals surface area contributed by atoms with Gasteiger partial charge in [-0.1, -0.05) is 6.07 Å². The summed E-state index contributed by atoms with van der Waals surface area (Å²) in [5, 5.41) is 8.58. The van der Waals surface area contributed by atoms with Gasteiger partial charge in [0.05, 0.1) is 6.10 Å². The second-order valence-electron chi connectivity index (χ2n) is 4.50. The molecule has 0 bridgehead atoms. The Morgan fingerprint density at radius 2 is 2.12 bits per heavy atom. The fourth-order valence-corrected chi connectivity index (χ4v) is 1.72. The summed E-state index contributed by atoms with van der Waals surface area (Å²) in [4.78, 5) is 10.4. The zero-order valence-corrected chi connectivity index (χ0v) is 10.7. The molecule has 0 spiro atoms. The highest BCUT2D eigenvalue weighted by Gasteiger charge is 2.04. The van der Waals surface area contributed by atoms with Crippen LogP contribution in [0.25, 0.3) is 0 Å². The minimum atomic E-state index is -0.734. The van der Waals surface area contributed by atoms with Gasteiger partial charge in [-0.3, -0.25) is 4.79 Å². The summed E-state index contributed by atoms with van der Waals surface area (Å²) in [6.45, 7) is 6.02. The van der Waals surface area contributed by atoms with Crippen LogP contribution in [0.1, 0.15) is 37.8 Å². The van der Waals surface area contributed by atoms with E-state index < -0.39 is 5.97 Å². The summed E-state index contributed by atoms with van der Waals surface area (Å²) < 4.78 is 5.60. The number of carboxylic acids is 1. The van der Waals surface area contributed by atoms with Crippen LogP contribution in [0.3, 0.4) is 0 Å². The van der Waals surface area contributed by atoms with Crippen molar-refractivity contribution in [3.8, 4) is 5.75 Å². The van der Waals surface area contributed by atoms with Gasteiger partial charge in [0.1, 0.15) is 5.75 Å². The Labute approximate surface area is 102 Å². The normalized spacial score (nSPS) is 10.6. The Morgan fingerprint density at radius 3 is 2.65 bits per heavy atom. The molecule has 17 heavy (non-hydrogen) atoms. The number of aliphatic carboxylic acids is 1. The van der Waals surface area contributed by atoms with E-state index in [-0.39, 0.29) is 12.5 Å². The van der Waals surface area contributed by atoms with Gasteiger partial charge in [-0.15, -0.1) is 0 Å². The van der Waals surface area contributed by atoms with Gasteiger partial charge in [0.25, 0.3) is 0 Å². The summed E-state index contributed by atoms with van der Waals surface area (Å²) in [7, 11) is 0. The summed E-state index contributed by atoms with van der Waals surface area (Å²) in [5.74, 6) is 0.141. The molecule has 1 aromatic rings. The fraction of sp³-hybridized carbons (Fsp3) is 0.500. The number of carboxylic acid groups (broad SMARTS) is 1. The van der Waals surface area contributed by atoms with Crippen LogP contribution < -0.4 is 4.74 Å². The number of benzene rings is 1. The van der Waals surface area contributed by atoms with Gasteiger partial charge in [-0.2, -0.15) is 0 Å². The van der Waals surface area contributed by atoms with Crippen molar-refractivity contribution in [1.29, 1.82) is 0 Å². The van der Waals surface area contributed by atoms with Crippen LogP contribution in [0.15, 0.2) is 18.2 Å². The van der Waals surface area contributed by atoms with Crippen LogP contribution >= 0.6 is 0 Å². The molecule has 0 amide bonds. The van der Waals surface area contributed by atoms with E-state index in [1.807, 2.05) is 39.0 Å². The van der Waals surface area contributed by atoms with Crippen LogP contribution in [0.4, 0.5) is 0 Å². The Bertz CT molecular complexity index is 383. The fourth-order valence-electron chi connectivity index (χ4n) is 1.72. The molecule has 0 saturated carbocycles. The number of aryl methyl sites for hydroxylation is 2. The SMILES string of the molecule is Cc1cc(OC(C)C)ccc1CCCC(=O)O. The molecule has 3 heteroatoms. The van der Waals surface area contributed by atoms with Gasteiger partial charge in [0.15, 0.2) is 0 Å². The third-order valence-corrected chi connectivity index (χ3v) is 2.52. The van der Waals surface area contributed by atoms with Crippen LogP contribution in [0.5, 0.6) is 5.75 Å². The van der Waals surface area contributed by atoms with Gasteiger partial charge < -0.3 is 9.84 Å². The summed E-state index contributed by atoms with van der Waals surface area (Å²) in [6.07, 6.45) is 1.89. The quantitative estimate of drug-likeness (QED) is 0.825. The predicted octanol–water partition coefficient (Wildman–Crippen LogP) is 3.19. The first-order valence-corrected chi connectivity index (χ1v) is 5.97. The zero-order valence-electron chi connectivity index (χ0n) is 10.7. The molecule has 0 aliphatic carbocycles. The van der Waals surface area contributed by atoms with E-state index in [4.69, 9.17) is 9.84 Å². The lowest BCUT2D eigenvalue weighted by Gasteiger charge is -2.12. The molecule has 1 aromatic carbocycles. The van der Waals surface area contributed by atoms with E-state index in [1.54, 1.807) is 0 Å². The summed E-state index contributed by atoms with van der Waals surface area (Å²) in [5.41, 5.74) is 2.36. The van der Waals surface area contributed by atoms with Gasteiger partial charge >= 0.3 is 5.97 Å². The average Bonchev–Trinajstić information content (AvgIpc) is 2.20. The molecule has 0 aliphatic heterocycles. The first kappa shape index (κ1) is 13.6. The van der Waals surface area contributed by atoms with Gasteiger partial charge in [-0.05, 0) is 56.9 Å². The average molecular weight is 236 g/mol. The number of carbonyl (C=O) groups is 1.